The maximum atomic E-state index is 12.1. The van der Waals surface area contributed by atoms with Gasteiger partial charge in [-0.3, -0.25) is 0 Å². The number of methoxy groups -OCH3 is 1. The van der Waals surface area contributed by atoms with E-state index in [0.29, 0.717) is 18.9 Å². The molecule has 0 saturated heterocycles. The van der Waals surface area contributed by atoms with Crippen molar-refractivity contribution in [2.75, 3.05) is 32.9 Å². The average molecular weight is 357 g/mol. The lowest BCUT2D eigenvalue weighted by atomic mass is 10.1. The molecule has 24 heavy (non-hydrogen) atoms. The van der Waals surface area contributed by atoms with E-state index in [4.69, 9.17) is 14.2 Å². The van der Waals surface area contributed by atoms with Crippen LogP contribution in [0.1, 0.15) is 37.8 Å². The zero-order valence-electron chi connectivity index (χ0n) is 14.4. The molecule has 1 saturated carbocycles. The van der Waals surface area contributed by atoms with Crippen molar-refractivity contribution >= 4 is 10.0 Å². The third kappa shape index (κ3) is 7.17. The normalized spacial score (nSPS) is 16.1. The molecule has 1 aliphatic carbocycles. The Labute approximate surface area is 144 Å². The molecule has 0 aliphatic heterocycles. The fourth-order valence-corrected chi connectivity index (χ4v) is 3.55. The molecule has 0 bridgehead atoms. The fourth-order valence-electron chi connectivity index (χ4n) is 2.26. The lowest BCUT2D eigenvalue weighted by Crippen LogP contribution is -2.29. The van der Waals surface area contributed by atoms with Gasteiger partial charge in [0.05, 0.1) is 19.0 Å². The lowest BCUT2D eigenvalue weighted by molar-refractivity contribution is -0.0298. The molecule has 1 aliphatic rings. The minimum Gasteiger partial charge on any atom is -0.493 e. The van der Waals surface area contributed by atoms with Gasteiger partial charge in [-0.2, -0.15) is 0 Å². The van der Waals surface area contributed by atoms with Crippen molar-refractivity contribution in [3.8, 4) is 5.75 Å². The first kappa shape index (κ1) is 19.2. The number of ether oxygens (including phenoxy) is 3. The highest BCUT2D eigenvalue weighted by molar-refractivity contribution is 7.89. The monoisotopic (exact) mass is 357 g/mol. The molecule has 1 atom stereocenters. The minimum atomic E-state index is -3.36. The highest BCUT2D eigenvalue weighted by Crippen LogP contribution is 2.30. The van der Waals surface area contributed by atoms with Gasteiger partial charge in [0.2, 0.25) is 10.0 Å². The summed E-state index contributed by atoms with van der Waals surface area (Å²) in [7, 11) is -1.83. The predicted molar refractivity (Wildman–Crippen MR) is 92.4 cm³/mol. The van der Waals surface area contributed by atoms with Crippen molar-refractivity contribution in [3.63, 3.8) is 0 Å². The standard InChI is InChI=1S/C17H27NO5S/c1-14(18-24(19,20)10-4-9-22-13-21-2)16-5-3-6-17(11-16)23-12-15-7-8-15/h3,5-6,11,14-15,18H,4,7-10,12-13H2,1-2H3/t14-/m1/s1. The van der Waals surface area contributed by atoms with Crippen LogP contribution in [-0.2, 0) is 19.5 Å². The summed E-state index contributed by atoms with van der Waals surface area (Å²) in [5.41, 5.74) is 0.891. The molecule has 6 nitrogen and oxygen atoms in total. The zero-order valence-corrected chi connectivity index (χ0v) is 15.2. The Balaban J connectivity index is 1.81. The Hall–Kier alpha value is -1.15. The van der Waals surface area contributed by atoms with Crippen LogP contribution in [0, 0.1) is 5.92 Å². The number of benzene rings is 1. The summed E-state index contributed by atoms with van der Waals surface area (Å²) in [4.78, 5) is 0. The van der Waals surface area contributed by atoms with Gasteiger partial charge in [-0.1, -0.05) is 12.1 Å². The van der Waals surface area contributed by atoms with Crippen molar-refractivity contribution in [1.29, 1.82) is 0 Å². The average Bonchev–Trinajstić information content (AvgIpc) is 3.37. The van der Waals surface area contributed by atoms with E-state index in [1.54, 1.807) is 0 Å². The second-order valence-electron chi connectivity index (χ2n) is 6.15. The number of hydrogen-bond donors (Lipinski definition) is 1. The van der Waals surface area contributed by atoms with E-state index >= 15 is 0 Å². The van der Waals surface area contributed by atoms with Gasteiger partial charge >= 0.3 is 0 Å². The molecule has 1 fully saturated rings. The van der Waals surface area contributed by atoms with Crippen molar-refractivity contribution in [1.82, 2.24) is 4.72 Å². The third-order valence-corrected chi connectivity index (χ3v) is 5.34. The summed E-state index contributed by atoms with van der Waals surface area (Å²) < 4.78 is 42.5. The van der Waals surface area contributed by atoms with Crippen LogP contribution in [-0.4, -0.2) is 41.3 Å². The Morgan fingerprint density at radius 1 is 1.33 bits per heavy atom. The van der Waals surface area contributed by atoms with Gasteiger partial charge < -0.3 is 14.2 Å². The van der Waals surface area contributed by atoms with E-state index in [-0.39, 0.29) is 18.6 Å². The Kier molecular flexibility index (Phi) is 7.48. The topological polar surface area (TPSA) is 73.9 Å². The maximum absolute atomic E-state index is 12.1. The summed E-state index contributed by atoms with van der Waals surface area (Å²) in [6.07, 6.45) is 2.91. The van der Waals surface area contributed by atoms with E-state index in [9.17, 15) is 8.42 Å². The SMILES string of the molecule is COCOCCCS(=O)(=O)N[C@H](C)c1cccc(OCC2CC2)c1. The first-order valence-corrected chi connectivity index (χ1v) is 9.95. The Morgan fingerprint density at radius 3 is 2.83 bits per heavy atom. The van der Waals surface area contributed by atoms with Crippen molar-refractivity contribution < 1.29 is 22.6 Å². The first-order valence-electron chi connectivity index (χ1n) is 8.29. The van der Waals surface area contributed by atoms with Gasteiger partial charge in [-0.05, 0) is 49.8 Å². The molecule has 7 heteroatoms. The molecule has 0 radical (unpaired) electrons. The molecule has 2 rings (SSSR count). The van der Waals surface area contributed by atoms with Gasteiger partial charge in [0, 0.05) is 13.2 Å². The molecule has 1 aromatic rings. The molecular weight excluding hydrogens is 330 g/mol. The summed E-state index contributed by atoms with van der Waals surface area (Å²) in [6.45, 7) is 3.11. The second kappa shape index (κ2) is 9.36. The number of rotatable bonds is 12. The molecule has 0 aromatic heterocycles. The van der Waals surface area contributed by atoms with Crippen molar-refractivity contribution in [2.45, 2.75) is 32.2 Å². The van der Waals surface area contributed by atoms with E-state index in [2.05, 4.69) is 4.72 Å². The maximum Gasteiger partial charge on any atom is 0.212 e. The van der Waals surface area contributed by atoms with Crippen molar-refractivity contribution in [2.24, 2.45) is 5.92 Å². The summed E-state index contributed by atoms with van der Waals surface area (Å²) in [6, 6.07) is 7.29. The number of hydrogen-bond acceptors (Lipinski definition) is 5. The molecule has 0 heterocycles. The van der Waals surface area contributed by atoms with E-state index in [1.165, 1.54) is 20.0 Å². The fraction of sp³-hybridized carbons (Fsp3) is 0.647. The van der Waals surface area contributed by atoms with Gasteiger partial charge in [0.25, 0.3) is 0 Å². The highest BCUT2D eigenvalue weighted by Gasteiger charge is 2.22. The van der Waals surface area contributed by atoms with Gasteiger partial charge in [-0.15, -0.1) is 0 Å². The smallest absolute Gasteiger partial charge is 0.212 e. The van der Waals surface area contributed by atoms with Gasteiger partial charge in [0.15, 0.2) is 0 Å². The van der Waals surface area contributed by atoms with E-state index in [0.717, 1.165) is 17.9 Å². The van der Waals surface area contributed by atoms with Crippen LogP contribution in [0.15, 0.2) is 24.3 Å². The molecule has 136 valence electrons. The van der Waals surface area contributed by atoms with E-state index in [1.807, 2.05) is 31.2 Å². The second-order valence-corrected chi connectivity index (χ2v) is 8.03. The number of sulfonamides is 1. The van der Waals surface area contributed by atoms with Crippen LogP contribution in [0.2, 0.25) is 0 Å². The minimum absolute atomic E-state index is 0.0267. The highest BCUT2D eigenvalue weighted by atomic mass is 32.2. The first-order chi connectivity index (χ1) is 11.5. The van der Waals surface area contributed by atoms with Gasteiger partial charge in [0.1, 0.15) is 12.5 Å². The Bertz CT molecular complexity index is 601. The number of nitrogens with one attached hydrogen (secondary N) is 1. The summed E-state index contributed by atoms with van der Waals surface area (Å²) >= 11 is 0. The van der Waals surface area contributed by atoms with Crippen LogP contribution < -0.4 is 9.46 Å². The lowest BCUT2D eigenvalue weighted by Gasteiger charge is -2.16. The molecule has 0 amide bonds. The van der Waals surface area contributed by atoms with Crippen LogP contribution in [0.4, 0.5) is 0 Å². The predicted octanol–water partition coefficient (Wildman–Crippen LogP) is 2.47. The van der Waals surface area contributed by atoms with Crippen LogP contribution in [0.25, 0.3) is 0 Å². The van der Waals surface area contributed by atoms with Crippen LogP contribution in [0.3, 0.4) is 0 Å². The van der Waals surface area contributed by atoms with Crippen molar-refractivity contribution in [3.05, 3.63) is 29.8 Å². The quantitative estimate of drug-likeness (QED) is 0.459. The van der Waals surface area contributed by atoms with Gasteiger partial charge in [-0.25, -0.2) is 13.1 Å². The third-order valence-electron chi connectivity index (χ3n) is 3.80. The molecule has 0 unspecified atom stereocenters. The van der Waals surface area contributed by atoms with Crippen LogP contribution >= 0.6 is 0 Å². The summed E-state index contributed by atoms with van der Waals surface area (Å²) in [5, 5.41) is 0. The Morgan fingerprint density at radius 2 is 2.12 bits per heavy atom. The van der Waals surface area contributed by atoms with Crippen LogP contribution in [0.5, 0.6) is 5.75 Å². The molecular formula is C17H27NO5S. The zero-order chi connectivity index (χ0) is 17.4. The molecule has 0 spiro atoms. The molecule has 1 N–H and O–H groups in total. The summed E-state index contributed by atoms with van der Waals surface area (Å²) in [5.74, 6) is 1.50. The van der Waals surface area contributed by atoms with E-state index < -0.39 is 10.0 Å². The molecule has 1 aromatic carbocycles. The largest absolute Gasteiger partial charge is 0.493 e.